The quantitative estimate of drug-likeness (QED) is 0.596. The van der Waals surface area contributed by atoms with E-state index >= 15 is 0 Å². The lowest BCUT2D eigenvalue weighted by atomic mass is 10.0. The number of nitro groups is 1. The van der Waals surface area contributed by atoms with Crippen LogP contribution in [0, 0.1) is 10.1 Å². The van der Waals surface area contributed by atoms with Gasteiger partial charge in [-0.15, -0.1) is 0 Å². The fourth-order valence-electron chi connectivity index (χ4n) is 2.36. The van der Waals surface area contributed by atoms with Crippen LogP contribution in [0.3, 0.4) is 0 Å². The predicted molar refractivity (Wildman–Crippen MR) is 78.7 cm³/mol. The van der Waals surface area contributed by atoms with Crippen molar-refractivity contribution >= 4 is 23.1 Å². The first kappa shape index (κ1) is 13.2. The number of hydrogen-bond acceptors (Lipinski definition) is 4. The third kappa shape index (κ3) is 2.71. The van der Waals surface area contributed by atoms with Gasteiger partial charge in [0.1, 0.15) is 0 Å². The third-order valence-electron chi connectivity index (χ3n) is 3.42. The second kappa shape index (κ2) is 5.28. The Bertz CT molecular complexity index is 708. The van der Waals surface area contributed by atoms with Gasteiger partial charge < -0.3 is 20.7 Å². The number of carbonyl (C=O) groups is 1. The Kier molecular flexibility index (Phi) is 3.31. The van der Waals surface area contributed by atoms with Crippen LogP contribution in [0.5, 0.6) is 0 Å². The number of aromatic amines is 1. The van der Waals surface area contributed by atoms with E-state index in [1.165, 1.54) is 17.7 Å². The van der Waals surface area contributed by atoms with Crippen molar-refractivity contribution in [3.8, 4) is 0 Å². The lowest BCUT2D eigenvalue weighted by Gasteiger charge is -2.18. The average Bonchev–Trinajstić information content (AvgIpc) is 2.97. The molecule has 0 saturated heterocycles. The van der Waals surface area contributed by atoms with Gasteiger partial charge in [0, 0.05) is 24.0 Å². The topological polar surface area (TPSA) is 100 Å². The van der Waals surface area contributed by atoms with Gasteiger partial charge in [-0.05, 0) is 41.5 Å². The van der Waals surface area contributed by atoms with Crippen LogP contribution in [0.2, 0.25) is 0 Å². The highest BCUT2D eigenvalue weighted by molar-refractivity contribution is 6.03. The van der Waals surface area contributed by atoms with Crippen LogP contribution in [0.25, 0.3) is 0 Å². The molecule has 2 heterocycles. The molecule has 21 heavy (non-hydrogen) atoms. The van der Waals surface area contributed by atoms with Crippen LogP contribution in [0.1, 0.15) is 22.5 Å². The predicted octanol–water partition coefficient (Wildman–Crippen LogP) is 2.53. The monoisotopic (exact) mass is 286 g/mol. The van der Waals surface area contributed by atoms with Crippen LogP contribution in [-0.4, -0.2) is 22.4 Å². The summed E-state index contributed by atoms with van der Waals surface area (Å²) in [7, 11) is 0. The standard InChI is InChI=1S/C14H14N4O3/c19-14(11-5-6-13(17-11)18(20)21)16-10-4-3-9-2-1-7-15-12(9)8-10/h3-6,8,15,17H,1-2,7H2,(H,16,19). The average molecular weight is 286 g/mol. The Hall–Kier alpha value is -2.83. The molecule has 0 aliphatic carbocycles. The fourth-order valence-corrected chi connectivity index (χ4v) is 2.36. The molecule has 1 aliphatic rings. The zero-order valence-electron chi connectivity index (χ0n) is 11.2. The van der Waals surface area contributed by atoms with Gasteiger partial charge in [0.2, 0.25) is 0 Å². The van der Waals surface area contributed by atoms with E-state index in [4.69, 9.17) is 0 Å². The summed E-state index contributed by atoms with van der Waals surface area (Å²) in [5.74, 6) is -0.605. The van der Waals surface area contributed by atoms with Gasteiger partial charge in [0.05, 0.1) is 0 Å². The fraction of sp³-hybridized carbons (Fsp3) is 0.214. The molecule has 0 fully saturated rings. The summed E-state index contributed by atoms with van der Waals surface area (Å²) in [6.45, 7) is 0.924. The molecule has 7 heteroatoms. The van der Waals surface area contributed by atoms with Gasteiger partial charge >= 0.3 is 5.82 Å². The number of nitrogens with zero attached hydrogens (tertiary/aromatic N) is 1. The lowest BCUT2D eigenvalue weighted by molar-refractivity contribution is -0.389. The van der Waals surface area contributed by atoms with Crippen molar-refractivity contribution in [3.05, 3.63) is 51.7 Å². The molecule has 3 N–H and O–H groups in total. The smallest absolute Gasteiger partial charge is 0.321 e. The maximum Gasteiger partial charge on any atom is 0.321 e. The van der Waals surface area contributed by atoms with Gasteiger partial charge in [0.15, 0.2) is 5.69 Å². The number of H-pyrrole nitrogens is 1. The summed E-state index contributed by atoms with van der Waals surface area (Å²) in [5, 5.41) is 16.6. The van der Waals surface area contributed by atoms with Gasteiger partial charge in [-0.1, -0.05) is 6.07 Å². The minimum atomic E-state index is -0.570. The van der Waals surface area contributed by atoms with Gasteiger partial charge in [-0.3, -0.25) is 4.79 Å². The highest BCUT2D eigenvalue weighted by Crippen LogP contribution is 2.25. The normalized spacial score (nSPS) is 13.1. The Morgan fingerprint density at radius 2 is 2.14 bits per heavy atom. The van der Waals surface area contributed by atoms with Crippen molar-refractivity contribution in [1.82, 2.24) is 4.98 Å². The number of fused-ring (bicyclic) bond motifs is 1. The second-order valence-corrected chi connectivity index (χ2v) is 4.87. The van der Waals surface area contributed by atoms with E-state index < -0.39 is 10.8 Å². The molecule has 0 saturated carbocycles. The number of rotatable bonds is 3. The van der Waals surface area contributed by atoms with E-state index in [0.717, 1.165) is 25.1 Å². The summed E-state index contributed by atoms with van der Waals surface area (Å²) in [6.07, 6.45) is 2.13. The van der Waals surface area contributed by atoms with E-state index in [-0.39, 0.29) is 11.5 Å². The van der Waals surface area contributed by atoms with Crippen molar-refractivity contribution < 1.29 is 9.72 Å². The maximum absolute atomic E-state index is 12.0. The Balaban J connectivity index is 1.76. The number of amides is 1. The summed E-state index contributed by atoms with van der Waals surface area (Å²) < 4.78 is 0. The van der Waals surface area contributed by atoms with Crippen molar-refractivity contribution in [3.63, 3.8) is 0 Å². The molecule has 2 aromatic rings. The highest BCUT2D eigenvalue weighted by atomic mass is 16.6. The number of anilines is 2. The zero-order valence-corrected chi connectivity index (χ0v) is 11.2. The van der Waals surface area contributed by atoms with Crippen LogP contribution < -0.4 is 10.6 Å². The molecular formula is C14H14N4O3. The van der Waals surface area contributed by atoms with E-state index in [9.17, 15) is 14.9 Å². The van der Waals surface area contributed by atoms with Gasteiger partial charge in [0.25, 0.3) is 5.91 Å². The molecule has 7 nitrogen and oxygen atoms in total. The molecule has 0 unspecified atom stereocenters. The molecule has 1 amide bonds. The Morgan fingerprint density at radius 3 is 2.90 bits per heavy atom. The first-order valence-corrected chi connectivity index (χ1v) is 6.65. The van der Waals surface area contributed by atoms with Crippen LogP contribution >= 0.6 is 0 Å². The minimum Gasteiger partial charge on any atom is -0.385 e. The first-order chi connectivity index (χ1) is 10.1. The summed E-state index contributed by atoms with van der Waals surface area (Å²) in [6, 6.07) is 8.35. The SMILES string of the molecule is O=C(Nc1ccc2c(c1)NCCC2)c1ccc([N+](=O)[O-])[nH]1. The molecule has 1 aromatic heterocycles. The highest BCUT2D eigenvalue weighted by Gasteiger charge is 2.16. The van der Waals surface area contributed by atoms with Crippen molar-refractivity contribution in [2.75, 3.05) is 17.2 Å². The number of hydrogen-bond donors (Lipinski definition) is 3. The molecular weight excluding hydrogens is 272 g/mol. The zero-order chi connectivity index (χ0) is 14.8. The number of benzene rings is 1. The minimum absolute atomic E-state index is 0.160. The molecule has 3 rings (SSSR count). The van der Waals surface area contributed by atoms with E-state index in [1.54, 1.807) is 0 Å². The van der Waals surface area contributed by atoms with Crippen molar-refractivity contribution in [2.45, 2.75) is 12.8 Å². The maximum atomic E-state index is 12.0. The summed E-state index contributed by atoms with van der Waals surface area (Å²) in [4.78, 5) is 24.5. The third-order valence-corrected chi connectivity index (χ3v) is 3.42. The van der Waals surface area contributed by atoms with E-state index in [2.05, 4.69) is 15.6 Å². The van der Waals surface area contributed by atoms with Crippen molar-refractivity contribution in [1.29, 1.82) is 0 Å². The lowest BCUT2D eigenvalue weighted by Crippen LogP contribution is -2.15. The molecule has 1 aromatic carbocycles. The molecule has 108 valence electrons. The van der Waals surface area contributed by atoms with Crippen molar-refractivity contribution in [2.24, 2.45) is 0 Å². The number of aryl methyl sites for hydroxylation is 1. The summed E-state index contributed by atoms with van der Waals surface area (Å²) >= 11 is 0. The molecule has 1 aliphatic heterocycles. The van der Waals surface area contributed by atoms with E-state index in [0.29, 0.717) is 5.69 Å². The van der Waals surface area contributed by atoms with Crippen LogP contribution in [0.15, 0.2) is 30.3 Å². The molecule has 0 bridgehead atoms. The Morgan fingerprint density at radius 1 is 1.29 bits per heavy atom. The first-order valence-electron chi connectivity index (χ1n) is 6.65. The molecule has 0 radical (unpaired) electrons. The summed E-state index contributed by atoms with van der Waals surface area (Å²) in [5.41, 5.74) is 3.07. The van der Waals surface area contributed by atoms with Crippen LogP contribution in [0.4, 0.5) is 17.2 Å². The molecule has 0 spiro atoms. The number of carbonyl (C=O) groups excluding carboxylic acids is 1. The number of nitrogens with one attached hydrogen (secondary N) is 3. The van der Waals surface area contributed by atoms with Gasteiger partial charge in [-0.25, -0.2) is 4.98 Å². The van der Waals surface area contributed by atoms with Crippen LogP contribution in [-0.2, 0) is 6.42 Å². The second-order valence-electron chi connectivity index (χ2n) is 4.87. The van der Waals surface area contributed by atoms with E-state index in [1.807, 2.05) is 18.2 Å². The van der Waals surface area contributed by atoms with Gasteiger partial charge in [-0.2, -0.15) is 0 Å². The molecule has 0 atom stereocenters. The largest absolute Gasteiger partial charge is 0.385 e. The Labute approximate surface area is 120 Å². The number of aromatic nitrogens is 1.